The van der Waals surface area contributed by atoms with Gasteiger partial charge in [-0.1, -0.05) is 127 Å². The molecule has 7 rings (SSSR count). The number of carbonyl (C=O) groups is 7. The largest absolute Gasteiger partial charge is 0.480 e. The van der Waals surface area contributed by atoms with Crippen molar-refractivity contribution in [3.63, 3.8) is 0 Å². The summed E-state index contributed by atoms with van der Waals surface area (Å²) in [6.45, 7) is 0.358. The molecule has 5 atom stereocenters. The number of aryl methyl sites for hydroxylation is 1. The van der Waals surface area contributed by atoms with E-state index >= 15 is 0 Å². The molecule has 0 saturated carbocycles. The maximum absolute atomic E-state index is 14.8. The number of fused-ring (bicyclic) bond motifs is 18. The highest BCUT2D eigenvalue weighted by molar-refractivity contribution is 5.97. The highest BCUT2D eigenvalue weighted by Crippen LogP contribution is 2.22. The van der Waals surface area contributed by atoms with Gasteiger partial charge in [0.05, 0.1) is 6.04 Å². The molecule has 0 fully saturated rings. The Balaban J connectivity index is 1.36. The van der Waals surface area contributed by atoms with E-state index in [1.807, 2.05) is 103 Å². The number of hydrogen-bond donors (Lipinski definition) is 7. The number of benzene rings is 5. The van der Waals surface area contributed by atoms with Crippen molar-refractivity contribution < 1.29 is 38.7 Å². The predicted octanol–water partition coefficient (Wildman–Crippen LogP) is 5.47. The Morgan fingerprint density at radius 2 is 1.16 bits per heavy atom. The van der Waals surface area contributed by atoms with Gasteiger partial charge in [-0.15, -0.1) is 0 Å². The van der Waals surface area contributed by atoms with Gasteiger partial charge in [0.2, 0.25) is 29.5 Å². The van der Waals surface area contributed by atoms with Crippen LogP contribution >= 0.6 is 0 Å². The minimum atomic E-state index is -1.24. The zero-order valence-electron chi connectivity index (χ0n) is 38.0. The van der Waals surface area contributed by atoms with Crippen LogP contribution in [-0.4, -0.2) is 77.1 Å². The molecule has 2 bridgehead atoms. The summed E-state index contributed by atoms with van der Waals surface area (Å²) in [4.78, 5) is 96.9. The van der Waals surface area contributed by atoms with E-state index in [4.69, 9.17) is 5.73 Å². The van der Waals surface area contributed by atoms with Gasteiger partial charge in [0.1, 0.15) is 18.1 Å². The summed E-state index contributed by atoms with van der Waals surface area (Å²) in [5.74, 6) is -5.70. The molecule has 5 aromatic carbocycles. The third-order valence-corrected chi connectivity index (χ3v) is 12.0. The smallest absolute Gasteiger partial charge is 0.326 e. The second kappa shape index (κ2) is 25.5. The van der Waals surface area contributed by atoms with Crippen LogP contribution in [0.5, 0.6) is 0 Å². The molecule has 2 aliphatic heterocycles. The van der Waals surface area contributed by atoms with E-state index in [-0.39, 0.29) is 51.4 Å². The van der Waals surface area contributed by atoms with E-state index in [1.165, 1.54) is 0 Å². The maximum Gasteiger partial charge on any atom is 0.326 e. The van der Waals surface area contributed by atoms with Crippen molar-refractivity contribution in [2.24, 2.45) is 11.7 Å². The average Bonchev–Trinajstić information content (AvgIpc) is 3.35. The molecule has 14 nitrogen and oxygen atoms in total. The van der Waals surface area contributed by atoms with Crippen molar-refractivity contribution in [2.45, 2.75) is 94.8 Å². The summed E-state index contributed by atoms with van der Waals surface area (Å²) >= 11 is 0. The van der Waals surface area contributed by atoms with E-state index in [0.717, 1.165) is 22.3 Å². The van der Waals surface area contributed by atoms with Gasteiger partial charge in [-0.3, -0.25) is 28.8 Å². The Kier molecular flexibility index (Phi) is 18.7. The lowest BCUT2D eigenvalue weighted by atomic mass is 9.89. The van der Waals surface area contributed by atoms with Crippen LogP contribution in [0, 0.1) is 5.92 Å². The van der Waals surface area contributed by atoms with Gasteiger partial charge in [-0.05, 0) is 97.0 Å². The summed E-state index contributed by atoms with van der Waals surface area (Å²) in [5.41, 5.74) is 11.0. The number of aliphatic carboxylic acids is 1. The molecule has 0 saturated heterocycles. The summed E-state index contributed by atoms with van der Waals surface area (Å²) < 4.78 is 0. The summed E-state index contributed by atoms with van der Waals surface area (Å²) in [5, 5.41) is 24.1. The van der Waals surface area contributed by atoms with Gasteiger partial charge in [0.25, 0.3) is 0 Å². The van der Waals surface area contributed by atoms with Crippen molar-refractivity contribution in [1.29, 1.82) is 0 Å². The third-order valence-electron chi connectivity index (χ3n) is 12.0. The molecule has 0 aromatic heterocycles. The van der Waals surface area contributed by atoms with Gasteiger partial charge in [-0.25, -0.2) is 4.79 Å². The van der Waals surface area contributed by atoms with Crippen LogP contribution in [0.4, 0.5) is 5.69 Å². The lowest BCUT2D eigenvalue weighted by Gasteiger charge is -2.27. The van der Waals surface area contributed by atoms with E-state index in [9.17, 15) is 38.7 Å². The van der Waals surface area contributed by atoms with E-state index < -0.39 is 71.4 Å². The Hall–Kier alpha value is -7.45. The van der Waals surface area contributed by atoms with Crippen LogP contribution in [0.2, 0.25) is 0 Å². The van der Waals surface area contributed by atoms with Gasteiger partial charge in [-0.2, -0.15) is 0 Å². The molecular weight excluding hydrogens is 861 g/mol. The third kappa shape index (κ3) is 15.6. The first kappa shape index (κ1) is 50.0. The fraction of sp³-hybridized carbons (Fsp3) is 0.315. The Morgan fingerprint density at radius 3 is 1.81 bits per heavy atom. The van der Waals surface area contributed by atoms with Crippen molar-refractivity contribution in [3.8, 4) is 11.1 Å². The molecule has 68 heavy (non-hydrogen) atoms. The van der Waals surface area contributed by atoms with Crippen molar-refractivity contribution in [3.05, 3.63) is 162 Å². The lowest BCUT2D eigenvalue weighted by Crippen LogP contribution is -2.57. The van der Waals surface area contributed by atoms with Gasteiger partial charge >= 0.3 is 5.97 Å². The first-order valence-electron chi connectivity index (χ1n) is 23.2. The molecule has 8 N–H and O–H groups in total. The molecule has 0 aliphatic carbocycles. The van der Waals surface area contributed by atoms with Gasteiger partial charge in [0, 0.05) is 37.3 Å². The number of carbonyl (C=O) groups excluding carboxylic acids is 6. The van der Waals surface area contributed by atoms with E-state index in [1.54, 1.807) is 36.4 Å². The van der Waals surface area contributed by atoms with Crippen LogP contribution in [0.15, 0.2) is 140 Å². The Morgan fingerprint density at radius 1 is 0.603 bits per heavy atom. The average molecular weight is 921 g/mol. The minimum absolute atomic E-state index is 0.0139. The number of carboxylic acids is 1. The van der Waals surface area contributed by atoms with Gasteiger partial charge in [0.15, 0.2) is 5.78 Å². The second-order valence-corrected chi connectivity index (χ2v) is 17.2. The predicted molar refractivity (Wildman–Crippen MR) is 260 cm³/mol. The van der Waals surface area contributed by atoms with Crippen LogP contribution in [-0.2, 0) is 59.2 Å². The van der Waals surface area contributed by atoms with E-state index in [2.05, 4.69) is 26.6 Å². The molecule has 14 heteroatoms. The number of ketones is 1. The number of hydrogen-bond acceptors (Lipinski definition) is 8. The highest BCUT2D eigenvalue weighted by atomic mass is 16.4. The number of Topliss-reactive ketones (excluding diaryl/α,β-unsaturated/α-hetero) is 1. The standard InChI is InChI=1S/C54H60N6O8/c55-31-11-10-18-45(54(67)68)58-51(64)42-32-38-21-26-43(27-22-38)56-49(62)29-30-50(63)57-44(28-23-36-12-4-1-5-13-36)52(65)60-47(34-39-19-24-41(25-20-39)40-16-8-3-9-17-40)53(66)59-46(48(61)35-42)33-37-14-6-2-7-15-37/h1-9,12-17,19-22,24-27,42,44-47H,10-11,18,23,28-35,55H2,(H,56,62)(H,57,63)(H,58,64)(H,59,66)(H,60,65)(H,67,68)/t42-,44-,45+,46-,47+/m1/s1. The van der Waals surface area contributed by atoms with Crippen LogP contribution in [0.3, 0.4) is 0 Å². The molecule has 2 heterocycles. The van der Waals surface area contributed by atoms with Crippen LogP contribution in [0.25, 0.3) is 11.1 Å². The first-order valence-corrected chi connectivity index (χ1v) is 23.2. The number of unbranched alkanes of at least 4 members (excludes halogenated alkanes) is 1. The monoisotopic (exact) mass is 920 g/mol. The normalized spacial score (nSPS) is 19.0. The van der Waals surface area contributed by atoms with Crippen molar-refractivity contribution in [1.82, 2.24) is 21.3 Å². The summed E-state index contributed by atoms with van der Waals surface area (Å²) in [6.07, 6.45) is 1.05. The van der Waals surface area contributed by atoms with Crippen molar-refractivity contribution >= 4 is 47.0 Å². The Bertz CT molecular complexity index is 2470. The highest BCUT2D eigenvalue weighted by Gasteiger charge is 2.33. The van der Waals surface area contributed by atoms with Gasteiger partial charge < -0.3 is 37.4 Å². The molecule has 0 unspecified atom stereocenters. The lowest BCUT2D eigenvalue weighted by molar-refractivity contribution is -0.143. The molecule has 0 spiro atoms. The number of carboxylic acid groups (broad SMARTS) is 1. The SMILES string of the molecule is NCCCC[C@H](NC(=O)[C@H]1CC(=O)[C@@H](Cc2ccccc2)NC(=O)[C@H](Cc2ccc(-c3ccccc3)cc2)NC(=O)[C@@H](CCc2ccccc2)NC(=O)CCC(=O)Nc2ccc(cc2)C1)C(=O)O. The quantitative estimate of drug-likeness (QED) is 0.0521. The molecular formula is C54H60N6O8. The second-order valence-electron chi connectivity index (χ2n) is 17.2. The Labute approximate surface area is 396 Å². The molecule has 2 aliphatic rings. The van der Waals surface area contributed by atoms with Crippen LogP contribution in [0.1, 0.15) is 67.2 Å². The fourth-order valence-electron chi connectivity index (χ4n) is 8.18. The zero-order chi connectivity index (χ0) is 48.3. The van der Waals surface area contributed by atoms with E-state index in [0.29, 0.717) is 42.6 Å². The number of nitrogens with two attached hydrogens (primary N) is 1. The maximum atomic E-state index is 14.8. The first-order chi connectivity index (χ1) is 32.9. The number of anilines is 1. The minimum Gasteiger partial charge on any atom is -0.480 e. The van der Waals surface area contributed by atoms with Crippen LogP contribution < -0.4 is 32.3 Å². The van der Waals surface area contributed by atoms with Crippen molar-refractivity contribution in [2.75, 3.05) is 11.9 Å². The molecule has 5 amide bonds. The zero-order valence-corrected chi connectivity index (χ0v) is 38.0. The number of nitrogens with one attached hydrogen (secondary N) is 5. The molecule has 5 aromatic rings. The summed E-state index contributed by atoms with van der Waals surface area (Å²) in [6, 6.07) is 37.8. The fourth-order valence-corrected chi connectivity index (χ4v) is 8.18. The summed E-state index contributed by atoms with van der Waals surface area (Å²) in [7, 11) is 0. The molecule has 354 valence electrons. The molecule has 0 radical (unpaired) electrons. The number of amides is 5. The number of rotatable bonds is 15. The topological polar surface area (TPSA) is 226 Å².